The largest absolute Gasteiger partial charge is 0.507 e. The Hall–Kier alpha value is -2.89. The standard InChI is InChI=1S/C24H26O5/c25-13-11-19(15-17-7-3-1-4-8-17)22-16-21(27)23(24(28)29-22)20(12-14-26)18-9-5-2-6-10-18/h1-10,16,19-20,25-27H,11-15H2. The number of hydrogen-bond acceptors (Lipinski definition) is 5. The average molecular weight is 394 g/mol. The summed E-state index contributed by atoms with van der Waals surface area (Å²) >= 11 is 0. The van der Waals surface area contributed by atoms with E-state index in [0.717, 1.165) is 11.1 Å². The highest BCUT2D eigenvalue weighted by molar-refractivity contribution is 5.40. The third kappa shape index (κ3) is 5.13. The highest BCUT2D eigenvalue weighted by Gasteiger charge is 2.25. The second-order valence-electron chi connectivity index (χ2n) is 7.11. The lowest BCUT2D eigenvalue weighted by Crippen LogP contribution is -2.17. The molecule has 1 heterocycles. The van der Waals surface area contributed by atoms with Crippen molar-refractivity contribution in [3.05, 3.63) is 99.6 Å². The van der Waals surface area contributed by atoms with Gasteiger partial charge in [-0.25, -0.2) is 4.79 Å². The number of aliphatic hydroxyl groups is 2. The van der Waals surface area contributed by atoms with Gasteiger partial charge in [0.15, 0.2) is 0 Å². The molecule has 29 heavy (non-hydrogen) atoms. The topological polar surface area (TPSA) is 90.9 Å². The Morgan fingerprint density at radius 1 is 0.862 bits per heavy atom. The molecule has 5 heteroatoms. The summed E-state index contributed by atoms with van der Waals surface area (Å²) in [6.07, 6.45) is 1.29. The van der Waals surface area contributed by atoms with E-state index in [4.69, 9.17) is 4.42 Å². The Kier molecular flexibility index (Phi) is 7.22. The molecule has 3 aromatic rings. The van der Waals surface area contributed by atoms with Crippen molar-refractivity contribution in [2.24, 2.45) is 0 Å². The number of aromatic hydroxyl groups is 1. The Morgan fingerprint density at radius 3 is 2.07 bits per heavy atom. The summed E-state index contributed by atoms with van der Waals surface area (Å²) in [4.78, 5) is 12.8. The molecule has 0 bridgehead atoms. The van der Waals surface area contributed by atoms with E-state index in [1.807, 2.05) is 60.7 Å². The van der Waals surface area contributed by atoms with Crippen molar-refractivity contribution in [3.63, 3.8) is 0 Å². The first-order valence-electron chi connectivity index (χ1n) is 9.81. The summed E-state index contributed by atoms with van der Waals surface area (Å²) in [5.74, 6) is -0.487. The minimum atomic E-state index is -0.613. The third-order valence-electron chi connectivity index (χ3n) is 5.16. The van der Waals surface area contributed by atoms with Gasteiger partial charge >= 0.3 is 5.63 Å². The SMILES string of the molecule is O=c1oc(C(CCO)Cc2ccccc2)cc(O)c1C(CCO)c1ccccc1. The van der Waals surface area contributed by atoms with Crippen molar-refractivity contribution in [3.8, 4) is 5.75 Å². The molecule has 3 N–H and O–H groups in total. The minimum absolute atomic E-state index is 0.0547. The van der Waals surface area contributed by atoms with E-state index >= 15 is 0 Å². The summed E-state index contributed by atoms with van der Waals surface area (Å²) in [6, 6.07) is 20.5. The van der Waals surface area contributed by atoms with Crippen LogP contribution in [0.1, 0.15) is 47.1 Å². The quantitative estimate of drug-likeness (QED) is 0.516. The van der Waals surface area contributed by atoms with Crippen molar-refractivity contribution in [1.29, 1.82) is 0 Å². The minimum Gasteiger partial charge on any atom is -0.507 e. The van der Waals surface area contributed by atoms with Gasteiger partial charge in [-0.05, 0) is 30.4 Å². The fourth-order valence-electron chi connectivity index (χ4n) is 3.72. The van der Waals surface area contributed by atoms with Crippen molar-refractivity contribution in [2.45, 2.75) is 31.1 Å². The molecule has 0 saturated heterocycles. The molecule has 0 radical (unpaired) electrons. The highest BCUT2D eigenvalue weighted by Crippen LogP contribution is 2.34. The van der Waals surface area contributed by atoms with E-state index in [9.17, 15) is 20.1 Å². The fraction of sp³-hybridized carbons (Fsp3) is 0.292. The summed E-state index contributed by atoms with van der Waals surface area (Å²) in [7, 11) is 0. The van der Waals surface area contributed by atoms with E-state index in [1.54, 1.807) is 0 Å². The summed E-state index contributed by atoms with van der Waals surface area (Å²) < 4.78 is 5.62. The van der Waals surface area contributed by atoms with E-state index < -0.39 is 11.5 Å². The second kappa shape index (κ2) is 10.0. The van der Waals surface area contributed by atoms with Crippen LogP contribution in [0.5, 0.6) is 5.75 Å². The number of aliphatic hydroxyl groups excluding tert-OH is 2. The molecule has 1 aromatic heterocycles. The molecule has 2 aromatic carbocycles. The molecule has 2 atom stereocenters. The Balaban J connectivity index is 1.97. The molecule has 2 unspecified atom stereocenters. The maximum absolute atomic E-state index is 12.8. The lowest BCUT2D eigenvalue weighted by atomic mass is 9.88. The van der Waals surface area contributed by atoms with Gasteiger partial charge in [0, 0.05) is 31.1 Å². The Labute approximate surface area is 169 Å². The molecule has 152 valence electrons. The summed E-state index contributed by atoms with van der Waals surface area (Å²) in [5, 5.41) is 29.7. The molecule has 0 amide bonds. The van der Waals surface area contributed by atoms with Crippen LogP contribution in [0.25, 0.3) is 0 Å². The molecule has 0 aliphatic heterocycles. The number of rotatable bonds is 9. The first-order valence-corrected chi connectivity index (χ1v) is 9.81. The molecule has 0 spiro atoms. The van der Waals surface area contributed by atoms with Crippen LogP contribution in [-0.4, -0.2) is 28.5 Å². The second-order valence-corrected chi connectivity index (χ2v) is 7.11. The Bertz CT molecular complexity index is 950. The van der Waals surface area contributed by atoms with Crippen LogP contribution < -0.4 is 5.63 Å². The number of hydrogen-bond donors (Lipinski definition) is 3. The summed E-state index contributed by atoms with van der Waals surface area (Å²) in [6.45, 7) is -0.178. The maximum atomic E-state index is 12.8. The van der Waals surface area contributed by atoms with Crippen molar-refractivity contribution >= 4 is 0 Å². The van der Waals surface area contributed by atoms with Crippen molar-refractivity contribution < 1.29 is 19.7 Å². The van der Waals surface area contributed by atoms with E-state index in [0.29, 0.717) is 25.0 Å². The normalized spacial score (nSPS) is 13.2. The van der Waals surface area contributed by atoms with Crippen LogP contribution in [0.4, 0.5) is 0 Å². The number of benzene rings is 2. The molecule has 0 saturated carbocycles. The third-order valence-corrected chi connectivity index (χ3v) is 5.16. The first-order chi connectivity index (χ1) is 14.1. The van der Waals surface area contributed by atoms with Crippen LogP contribution in [0.15, 0.2) is 75.9 Å². The van der Waals surface area contributed by atoms with E-state index in [-0.39, 0.29) is 30.4 Å². The molecule has 5 nitrogen and oxygen atoms in total. The zero-order valence-electron chi connectivity index (χ0n) is 16.2. The van der Waals surface area contributed by atoms with Crippen molar-refractivity contribution in [1.82, 2.24) is 0 Å². The maximum Gasteiger partial charge on any atom is 0.343 e. The fourth-order valence-corrected chi connectivity index (χ4v) is 3.72. The zero-order chi connectivity index (χ0) is 20.6. The predicted octanol–water partition coefficient (Wildman–Crippen LogP) is 3.57. The van der Waals surface area contributed by atoms with Crippen LogP contribution in [-0.2, 0) is 6.42 Å². The lowest BCUT2D eigenvalue weighted by molar-refractivity contribution is 0.261. The predicted molar refractivity (Wildman–Crippen MR) is 111 cm³/mol. The molecule has 0 fully saturated rings. The van der Waals surface area contributed by atoms with Gasteiger partial charge in [-0.15, -0.1) is 0 Å². The molecule has 0 aliphatic rings. The average Bonchev–Trinajstić information content (AvgIpc) is 2.73. The van der Waals surface area contributed by atoms with Gasteiger partial charge in [0.05, 0.1) is 5.56 Å². The monoisotopic (exact) mass is 394 g/mol. The van der Waals surface area contributed by atoms with Crippen LogP contribution >= 0.6 is 0 Å². The van der Waals surface area contributed by atoms with Gasteiger partial charge < -0.3 is 19.7 Å². The molecular formula is C24H26O5. The Morgan fingerprint density at radius 2 is 1.48 bits per heavy atom. The van der Waals surface area contributed by atoms with Crippen LogP contribution in [0.3, 0.4) is 0 Å². The van der Waals surface area contributed by atoms with Gasteiger partial charge in [-0.1, -0.05) is 60.7 Å². The molecular weight excluding hydrogens is 368 g/mol. The van der Waals surface area contributed by atoms with E-state index in [2.05, 4.69) is 0 Å². The molecule has 3 rings (SSSR count). The van der Waals surface area contributed by atoms with Crippen LogP contribution in [0, 0.1) is 0 Å². The first kappa shape index (κ1) is 20.8. The smallest absolute Gasteiger partial charge is 0.343 e. The lowest BCUT2D eigenvalue weighted by Gasteiger charge is -2.19. The van der Waals surface area contributed by atoms with Gasteiger partial charge in [0.25, 0.3) is 0 Å². The van der Waals surface area contributed by atoms with Crippen molar-refractivity contribution in [2.75, 3.05) is 13.2 Å². The van der Waals surface area contributed by atoms with Crippen LogP contribution in [0.2, 0.25) is 0 Å². The van der Waals surface area contributed by atoms with Gasteiger partial charge in [0.2, 0.25) is 0 Å². The van der Waals surface area contributed by atoms with Gasteiger partial charge in [-0.2, -0.15) is 0 Å². The molecule has 0 aliphatic carbocycles. The highest BCUT2D eigenvalue weighted by atomic mass is 16.4. The van der Waals surface area contributed by atoms with E-state index in [1.165, 1.54) is 6.07 Å². The zero-order valence-corrected chi connectivity index (χ0v) is 16.2. The van der Waals surface area contributed by atoms with Gasteiger partial charge in [0.1, 0.15) is 11.5 Å². The van der Waals surface area contributed by atoms with Gasteiger partial charge in [-0.3, -0.25) is 0 Å². The summed E-state index contributed by atoms with van der Waals surface area (Å²) in [5.41, 5.74) is 1.42.